The molecule has 0 unspecified atom stereocenters. The maximum Gasteiger partial charge on any atom is 0.264 e. The zero-order chi connectivity index (χ0) is 17.2. The second kappa shape index (κ2) is 6.60. The van der Waals surface area contributed by atoms with Crippen LogP contribution in [0.5, 0.6) is 5.88 Å². The lowest BCUT2D eigenvalue weighted by Crippen LogP contribution is -1.98. The molecule has 0 amide bonds. The Balaban J connectivity index is 1.49. The molecule has 4 aromatic rings. The number of rotatable bonds is 5. The SMILES string of the molecule is CC(C)c1ccc(-c2noc(COc3ncnc4sccc34)n2)cc1. The second-order valence-electron chi connectivity index (χ2n) is 5.90. The average molecular weight is 352 g/mol. The van der Waals surface area contributed by atoms with E-state index in [0.717, 1.165) is 15.8 Å². The number of thiophene rings is 1. The Kier molecular flexibility index (Phi) is 4.15. The summed E-state index contributed by atoms with van der Waals surface area (Å²) in [7, 11) is 0. The standard InChI is InChI=1S/C18H16N4O2S/c1-11(2)12-3-5-13(6-4-12)16-21-15(24-22-16)9-23-17-14-7-8-25-18(14)20-10-19-17/h3-8,10-11H,9H2,1-2H3. The highest BCUT2D eigenvalue weighted by Gasteiger charge is 2.12. The molecule has 0 aliphatic heterocycles. The molecule has 1 aromatic carbocycles. The lowest BCUT2D eigenvalue weighted by Gasteiger charge is -2.04. The van der Waals surface area contributed by atoms with Crippen molar-refractivity contribution in [3.8, 4) is 17.3 Å². The molecule has 7 heteroatoms. The summed E-state index contributed by atoms with van der Waals surface area (Å²) in [6.07, 6.45) is 1.49. The van der Waals surface area contributed by atoms with Crippen LogP contribution in [0.2, 0.25) is 0 Å². The zero-order valence-electron chi connectivity index (χ0n) is 13.8. The first-order valence-electron chi connectivity index (χ1n) is 7.94. The number of nitrogens with zero attached hydrogens (tertiary/aromatic N) is 4. The molecule has 0 radical (unpaired) electrons. The highest BCUT2D eigenvalue weighted by atomic mass is 32.1. The molecule has 6 nitrogen and oxygen atoms in total. The Morgan fingerprint density at radius 3 is 2.76 bits per heavy atom. The van der Waals surface area contributed by atoms with Crippen LogP contribution in [0.3, 0.4) is 0 Å². The molecule has 3 aromatic heterocycles. The average Bonchev–Trinajstić information content (AvgIpc) is 3.29. The molecule has 0 fully saturated rings. The Bertz CT molecular complexity index is 992. The largest absolute Gasteiger partial charge is 0.467 e. The molecule has 126 valence electrons. The normalized spacial score (nSPS) is 11.3. The Labute approximate surface area is 148 Å². The quantitative estimate of drug-likeness (QED) is 0.528. The van der Waals surface area contributed by atoms with Crippen LogP contribution in [-0.2, 0) is 6.61 Å². The summed E-state index contributed by atoms with van der Waals surface area (Å²) >= 11 is 1.55. The lowest BCUT2D eigenvalue weighted by atomic mass is 10.0. The van der Waals surface area contributed by atoms with Gasteiger partial charge in [0.05, 0.1) is 5.39 Å². The molecular weight excluding hydrogens is 336 g/mol. The van der Waals surface area contributed by atoms with Crippen LogP contribution < -0.4 is 4.74 Å². The van der Waals surface area contributed by atoms with E-state index in [1.807, 2.05) is 23.6 Å². The summed E-state index contributed by atoms with van der Waals surface area (Å²) in [5.41, 5.74) is 2.20. The fourth-order valence-electron chi connectivity index (χ4n) is 2.46. The van der Waals surface area contributed by atoms with E-state index in [1.165, 1.54) is 11.9 Å². The van der Waals surface area contributed by atoms with E-state index in [2.05, 4.69) is 46.1 Å². The van der Waals surface area contributed by atoms with Crippen molar-refractivity contribution < 1.29 is 9.26 Å². The van der Waals surface area contributed by atoms with Gasteiger partial charge < -0.3 is 9.26 Å². The van der Waals surface area contributed by atoms with E-state index in [1.54, 1.807) is 11.3 Å². The van der Waals surface area contributed by atoms with E-state index < -0.39 is 0 Å². The number of hydrogen-bond donors (Lipinski definition) is 0. The van der Waals surface area contributed by atoms with Crippen LogP contribution >= 0.6 is 11.3 Å². The second-order valence-corrected chi connectivity index (χ2v) is 6.79. The summed E-state index contributed by atoms with van der Waals surface area (Å²) in [6, 6.07) is 10.1. The third-order valence-electron chi connectivity index (χ3n) is 3.86. The van der Waals surface area contributed by atoms with E-state index in [0.29, 0.717) is 23.5 Å². The van der Waals surface area contributed by atoms with Gasteiger partial charge in [-0.25, -0.2) is 9.97 Å². The number of aromatic nitrogens is 4. The van der Waals surface area contributed by atoms with Crippen molar-refractivity contribution in [1.82, 2.24) is 20.1 Å². The molecule has 0 bridgehead atoms. The minimum absolute atomic E-state index is 0.166. The first kappa shape index (κ1) is 15.7. The van der Waals surface area contributed by atoms with E-state index in [-0.39, 0.29) is 6.61 Å². The topological polar surface area (TPSA) is 73.9 Å². The van der Waals surface area contributed by atoms with Crippen LogP contribution in [-0.4, -0.2) is 20.1 Å². The van der Waals surface area contributed by atoms with Crippen molar-refractivity contribution in [2.45, 2.75) is 26.4 Å². The maximum atomic E-state index is 5.72. The minimum atomic E-state index is 0.166. The van der Waals surface area contributed by atoms with Crippen LogP contribution in [0.15, 0.2) is 46.6 Å². The third kappa shape index (κ3) is 3.23. The molecular formula is C18H16N4O2S. The van der Waals surface area contributed by atoms with Crippen molar-refractivity contribution in [3.05, 3.63) is 53.5 Å². The van der Waals surface area contributed by atoms with Gasteiger partial charge in [0, 0.05) is 5.56 Å². The number of hydrogen-bond acceptors (Lipinski definition) is 7. The van der Waals surface area contributed by atoms with Gasteiger partial charge in [0.2, 0.25) is 11.7 Å². The van der Waals surface area contributed by atoms with Crippen molar-refractivity contribution in [2.24, 2.45) is 0 Å². The molecule has 0 saturated carbocycles. The highest BCUT2D eigenvalue weighted by molar-refractivity contribution is 7.16. The summed E-state index contributed by atoms with van der Waals surface area (Å²) in [4.78, 5) is 13.6. The molecule has 0 aliphatic carbocycles. The maximum absolute atomic E-state index is 5.72. The van der Waals surface area contributed by atoms with Crippen molar-refractivity contribution in [3.63, 3.8) is 0 Å². The minimum Gasteiger partial charge on any atom is -0.467 e. The summed E-state index contributed by atoms with van der Waals surface area (Å²) in [5.74, 6) is 1.97. The molecule has 0 atom stereocenters. The van der Waals surface area contributed by atoms with Gasteiger partial charge in [-0.2, -0.15) is 4.98 Å². The number of ether oxygens (including phenoxy) is 1. The van der Waals surface area contributed by atoms with Gasteiger partial charge >= 0.3 is 0 Å². The molecule has 0 aliphatic rings. The molecule has 0 N–H and O–H groups in total. The Morgan fingerprint density at radius 2 is 1.96 bits per heavy atom. The van der Waals surface area contributed by atoms with Gasteiger partial charge in [0.25, 0.3) is 5.89 Å². The number of fused-ring (bicyclic) bond motifs is 1. The Morgan fingerprint density at radius 1 is 1.12 bits per heavy atom. The molecule has 25 heavy (non-hydrogen) atoms. The van der Waals surface area contributed by atoms with Gasteiger partial charge in [0.1, 0.15) is 11.2 Å². The molecule has 4 rings (SSSR count). The van der Waals surface area contributed by atoms with Crippen LogP contribution in [0.4, 0.5) is 0 Å². The highest BCUT2D eigenvalue weighted by Crippen LogP contribution is 2.26. The van der Waals surface area contributed by atoms with Gasteiger partial charge in [-0.1, -0.05) is 43.3 Å². The molecule has 0 saturated heterocycles. The van der Waals surface area contributed by atoms with Crippen LogP contribution in [0, 0.1) is 0 Å². The van der Waals surface area contributed by atoms with Crippen molar-refractivity contribution in [1.29, 1.82) is 0 Å². The van der Waals surface area contributed by atoms with Crippen molar-refractivity contribution in [2.75, 3.05) is 0 Å². The smallest absolute Gasteiger partial charge is 0.264 e. The van der Waals surface area contributed by atoms with Gasteiger partial charge in [-0.15, -0.1) is 11.3 Å². The summed E-state index contributed by atoms with van der Waals surface area (Å²) < 4.78 is 11.0. The first-order valence-corrected chi connectivity index (χ1v) is 8.82. The van der Waals surface area contributed by atoms with E-state index in [4.69, 9.17) is 9.26 Å². The van der Waals surface area contributed by atoms with Crippen molar-refractivity contribution >= 4 is 21.6 Å². The van der Waals surface area contributed by atoms with Crippen LogP contribution in [0.25, 0.3) is 21.6 Å². The van der Waals surface area contributed by atoms with E-state index in [9.17, 15) is 0 Å². The number of benzene rings is 1. The Hall–Kier alpha value is -2.80. The van der Waals surface area contributed by atoms with Crippen LogP contribution in [0.1, 0.15) is 31.2 Å². The van der Waals surface area contributed by atoms with Gasteiger partial charge in [-0.05, 0) is 22.9 Å². The predicted molar refractivity (Wildman–Crippen MR) is 95.6 cm³/mol. The zero-order valence-corrected chi connectivity index (χ0v) is 14.7. The molecule has 3 heterocycles. The molecule has 0 spiro atoms. The first-order chi connectivity index (χ1) is 12.2. The summed E-state index contributed by atoms with van der Waals surface area (Å²) in [6.45, 7) is 4.49. The third-order valence-corrected chi connectivity index (χ3v) is 4.68. The summed E-state index contributed by atoms with van der Waals surface area (Å²) in [5, 5.41) is 6.87. The fraction of sp³-hybridized carbons (Fsp3) is 0.222. The van der Waals surface area contributed by atoms with E-state index >= 15 is 0 Å². The monoisotopic (exact) mass is 352 g/mol. The predicted octanol–water partition coefficient (Wildman–Crippen LogP) is 4.44. The van der Waals surface area contributed by atoms with Gasteiger partial charge in [0.15, 0.2) is 6.61 Å². The fourth-order valence-corrected chi connectivity index (χ4v) is 3.18. The van der Waals surface area contributed by atoms with Gasteiger partial charge in [-0.3, -0.25) is 0 Å². The lowest BCUT2D eigenvalue weighted by molar-refractivity contribution is 0.238.